The van der Waals surface area contributed by atoms with E-state index in [1.54, 1.807) is 6.08 Å². The standard InChI is InChI=1S/C22H20N4O2S/c1-3-19-25-26-20(23)18(21(27)24-22(26)29-19)13-15-9-11-17(12-10-15)28-14(2)16-7-5-4-6-8-16/h4-14,23H,3H2,1-2H3. The van der Waals surface area contributed by atoms with Crippen LogP contribution in [0, 0.1) is 5.41 Å². The first kappa shape index (κ1) is 19.1. The van der Waals surface area contributed by atoms with Crippen molar-refractivity contribution in [3.8, 4) is 5.75 Å². The van der Waals surface area contributed by atoms with Crippen molar-refractivity contribution in [3.05, 3.63) is 71.3 Å². The quantitative estimate of drug-likeness (QED) is 0.722. The number of nitrogens with zero attached hydrogens (tertiary/aromatic N) is 3. The van der Waals surface area contributed by atoms with E-state index in [1.807, 2.05) is 68.4 Å². The largest absolute Gasteiger partial charge is 0.486 e. The molecule has 1 amide bonds. The second-order valence-electron chi connectivity index (χ2n) is 6.61. The summed E-state index contributed by atoms with van der Waals surface area (Å²) in [6.45, 7) is 3.98. The van der Waals surface area contributed by atoms with Gasteiger partial charge in [-0.25, -0.2) is 0 Å². The van der Waals surface area contributed by atoms with E-state index in [2.05, 4.69) is 10.1 Å². The normalized spacial score (nSPS) is 18.4. The fourth-order valence-corrected chi connectivity index (χ4v) is 3.80. The van der Waals surface area contributed by atoms with E-state index < -0.39 is 5.91 Å². The Morgan fingerprint density at radius 1 is 1.17 bits per heavy atom. The number of hydrogen-bond acceptors (Lipinski definition) is 5. The van der Waals surface area contributed by atoms with Gasteiger partial charge in [-0.3, -0.25) is 10.2 Å². The fraction of sp³-hybridized carbons (Fsp3) is 0.182. The summed E-state index contributed by atoms with van der Waals surface area (Å²) in [7, 11) is 0. The fourth-order valence-electron chi connectivity index (χ4n) is 2.98. The van der Waals surface area contributed by atoms with Gasteiger partial charge in [0.25, 0.3) is 5.91 Å². The van der Waals surface area contributed by atoms with E-state index in [-0.39, 0.29) is 17.5 Å². The predicted octanol–water partition coefficient (Wildman–Crippen LogP) is 4.86. The van der Waals surface area contributed by atoms with Gasteiger partial charge < -0.3 is 4.74 Å². The highest BCUT2D eigenvalue weighted by molar-refractivity contribution is 8.26. The Morgan fingerprint density at radius 3 is 2.59 bits per heavy atom. The molecule has 0 radical (unpaired) electrons. The molecule has 0 saturated carbocycles. The van der Waals surface area contributed by atoms with Crippen molar-refractivity contribution < 1.29 is 9.53 Å². The van der Waals surface area contributed by atoms with Crippen LogP contribution in [0.2, 0.25) is 0 Å². The molecule has 0 fully saturated rings. The lowest BCUT2D eigenvalue weighted by Gasteiger charge is -2.20. The molecular weight excluding hydrogens is 384 g/mol. The van der Waals surface area contributed by atoms with Crippen LogP contribution in [0.3, 0.4) is 0 Å². The summed E-state index contributed by atoms with van der Waals surface area (Å²) in [6, 6.07) is 17.4. The van der Waals surface area contributed by atoms with Gasteiger partial charge >= 0.3 is 0 Å². The average Bonchev–Trinajstić information content (AvgIpc) is 3.16. The minimum Gasteiger partial charge on any atom is -0.486 e. The molecule has 4 rings (SSSR count). The number of rotatable bonds is 5. The topological polar surface area (TPSA) is 78.1 Å². The first-order valence-corrected chi connectivity index (χ1v) is 10.2. The SMILES string of the molecule is CCC1=NN2C(=N)C(=Cc3ccc(OC(C)c4ccccc4)cc3)C(=O)N=C2S1. The van der Waals surface area contributed by atoms with Gasteiger partial charge in [0.2, 0.25) is 5.17 Å². The van der Waals surface area contributed by atoms with E-state index in [1.165, 1.54) is 16.8 Å². The minimum atomic E-state index is -0.417. The number of hydrazone groups is 1. The molecule has 146 valence electrons. The first-order chi connectivity index (χ1) is 14.0. The highest BCUT2D eigenvalue weighted by Crippen LogP contribution is 2.29. The third kappa shape index (κ3) is 4.00. The van der Waals surface area contributed by atoms with E-state index in [0.717, 1.165) is 28.3 Å². The minimum absolute atomic E-state index is 0.0500. The molecular formula is C22H20N4O2S. The lowest BCUT2D eigenvalue weighted by molar-refractivity contribution is -0.114. The van der Waals surface area contributed by atoms with Crippen LogP contribution in [-0.2, 0) is 4.79 Å². The molecule has 2 aliphatic heterocycles. The van der Waals surface area contributed by atoms with Crippen molar-refractivity contribution in [2.75, 3.05) is 0 Å². The number of amides is 1. The number of hydrogen-bond donors (Lipinski definition) is 1. The van der Waals surface area contributed by atoms with Crippen molar-refractivity contribution in [3.63, 3.8) is 0 Å². The third-order valence-electron chi connectivity index (χ3n) is 4.57. The Balaban J connectivity index is 1.51. The third-order valence-corrected chi connectivity index (χ3v) is 5.62. The predicted molar refractivity (Wildman–Crippen MR) is 117 cm³/mol. The van der Waals surface area contributed by atoms with E-state index in [0.29, 0.717) is 5.17 Å². The molecule has 2 aromatic rings. The molecule has 6 nitrogen and oxygen atoms in total. The molecule has 0 saturated heterocycles. The zero-order chi connectivity index (χ0) is 20.4. The summed E-state index contributed by atoms with van der Waals surface area (Å²) in [4.78, 5) is 16.5. The smallest absolute Gasteiger partial charge is 0.283 e. The van der Waals surface area contributed by atoms with Crippen LogP contribution in [0.4, 0.5) is 0 Å². The number of nitrogens with one attached hydrogen (secondary N) is 1. The molecule has 29 heavy (non-hydrogen) atoms. The van der Waals surface area contributed by atoms with Crippen LogP contribution in [-0.4, -0.2) is 27.0 Å². The Morgan fingerprint density at radius 2 is 1.90 bits per heavy atom. The molecule has 0 spiro atoms. The Kier molecular flexibility index (Phi) is 5.31. The Bertz CT molecular complexity index is 1040. The summed E-state index contributed by atoms with van der Waals surface area (Å²) in [6.07, 6.45) is 2.34. The first-order valence-electron chi connectivity index (χ1n) is 9.36. The maximum absolute atomic E-state index is 12.4. The van der Waals surface area contributed by atoms with Crippen LogP contribution in [0.1, 0.15) is 37.5 Å². The monoisotopic (exact) mass is 404 g/mol. The second kappa shape index (κ2) is 8.05. The van der Waals surface area contributed by atoms with E-state index >= 15 is 0 Å². The lowest BCUT2D eigenvalue weighted by atomic mass is 10.1. The highest BCUT2D eigenvalue weighted by atomic mass is 32.2. The van der Waals surface area contributed by atoms with Crippen LogP contribution in [0.15, 0.2) is 70.3 Å². The summed E-state index contributed by atoms with van der Waals surface area (Å²) >= 11 is 1.34. The number of fused-ring (bicyclic) bond motifs is 1. The zero-order valence-corrected chi connectivity index (χ0v) is 16.9. The number of ether oxygens (including phenoxy) is 1. The summed E-state index contributed by atoms with van der Waals surface area (Å²) in [5.74, 6) is 0.371. The van der Waals surface area contributed by atoms with Gasteiger partial charge in [-0.05, 0) is 54.4 Å². The van der Waals surface area contributed by atoms with Crippen molar-refractivity contribution in [2.24, 2.45) is 10.1 Å². The Hall–Kier alpha value is -3.19. The molecule has 1 atom stereocenters. The Labute approximate surface area is 173 Å². The number of aliphatic imine (C=N–C) groups is 1. The number of carbonyl (C=O) groups excluding carboxylic acids is 1. The van der Waals surface area contributed by atoms with Gasteiger partial charge in [-0.1, -0.05) is 49.4 Å². The van der Waals surface area contributed by atoms with Crippen LogP contribution in [0.25, 0.3) is 6.08 Å². The molecule has 1 N–H and O–H groups in total. The molecule has 0 aromatic heterocycles. The summed E-state index contributed by atoms with van der Waals surface area (Å²) in [5, 5.41) is 15.4. The maximum Gasteiger partial charge on any atom is 0.283 e. The number of benzene rings is 2. The van der Waals surface area contributed by atoms with E-state index in [4.69, 9.17) is 10.1 Å². The molecule has 2 heterocycles. The summed E-state index contributed by atoms with van der Waals surface area (Å²) < 4.78 is 5.99. The molecule has 0 bridgehead atoms. The molecule has 2 aliphatic rings. The van der Waals surface area contributed by atoms with Gasteiger partial charge in [-0.2, -0.15) is 15.1 Å². The van der Waals surface area contributed by atoms with Crippen molar-refractivity contribution in [2.45, 2.75) is 26.4 Å². The van der Waals surface area contributed by atoms with Crippen LogP contribution >= 0.6 is 11.8 Å². The highest BCUT2D eigenvalue weighted by Gasteiger charge is 2.35. The van der Waals surface area contributed by atoms with Crippen molar-refractivity contribution in [1.29, 1.82) is 5.41 Å². The van der Waals surface area contributed by atoms with Crippen molar-refractivity contribution >= 4 is 39.8 Å². The van der Waals surface area contributed by atoms with Gasteiger partial charge in [0, 0.05) is 0 Å². The average molecular weight is 404 g/mol. The van der Waals surface area contributed by atoms with Gasteiger partial charge in [-0.15, -0.1) is 0 Å². The van der Waals surface area contributed by atoms with Crippen LogP contribution in [0.5, 0.6) is 5.75 Å². The van der Waals surface area contributed by atoms with Crippen LogP contribution < -0.4 is 4.74 Å². The summed E-state index contributed by atoms with van der Waals surface area (Å²) in [5.41, 5.74) is 2.12. The van der Waals surface area contributed by atoms with Gasteiger partial charge in [0.1, 0.15) is 16.9 Å². The molecule has 1 unspecified atom stereocenters. The van der Waals surface area contributed by atoms with Crippen molar-refractivity contribution in [1.82, 2.24) is 5.01 Å². The number of amidine groups is 2. The van der Waals surface area contributed by atoms with E-state index in [9.17, 15) is 4.79 Å². The lowest BCUT2D eigenvalue weighted by Crippen LogP contribution is -2.35. The number of thioether (sulfide) groups is 1. The molecule has 0 aliphatic carbocycles. The zero-order valence-electron chi connectivity index (χ0n) is 16.1. The second-order valence-corrected chi connectivity index (χ2v) is 7.65. The molecule has 7 heteroatoms. The number of carbonyl (C=O) groups is 1. The maximum atomic E-state index is 12.4. The van der Waals surface area contributed by atoms with Gasteiger partial charge in [0.15, 0.2) is 5.84 Å². The molecule has 2 aromatic carbocycles. The van der Waals surface area contributed by atoms with Gasteiger partial charge in [0.05, 0.1) is 5.57 Å².